The topological polar surface area (TPSA) is 172 Å². The number of carboxylic acids is 1. The first kappa shape index (κ1) is 28.5. The number of aliphatic carboxylic acids is 1. The molecule has 2 amide bonds. The summed E-state index contributed by atoms with van der Waals surface area (Å²) in [5.74, 6) is -1.24. The molecular formula is C18H24KN9O4S3. The molecule has 0 radical (unpaired) electrons. The number of hydrogen-bond donors (Lipinski definition) is 3. The minimum atomic E-state index is -1.18. The van der Waals surface area contributed by atoms with Gasteiger partial charge in [0, 0.05) is 23.4 Å². The Morgan fingerprint density at radius 3 is 2.83 bits per heavy atom. The van der Waals surface area contributed by atoms with Crippen LogP contribution in [-0.4, -0.2) is 153 Å². The first-order chi connectivity index (χ1) is 16.2. The Morgan fingerprint density at radius 2 is 2.17 bits per heavy atom. The van der Waals surface area contributed by atoms with Crippen LogP contribution >= 0.6 is 34.9 Å². The summed E-state index contributed by atoms with van der Waals surface area (Å²) in [5, 5.41) is 26.4. The van der Waals surface area contributed by atoms with Crippen LogP contribution in [0, 0.1) is 0 Å². The van der Waals surface area contributed by atoms with Crippen molar-refractivity contribution in [2.24, 2.45) is 0 Å². The number of rotatable bonds is 10. The molecule has 0 spiro atoms. The molecule has 1 fully saturated rings. The molecular weight excluding hydrogens is 542 g/mol. The summed E-state index contributed by atoms with van der Waals surface area (Å²) in [5.41, 5.74) is 6.68. The number of nitrogens with two attached hydrogens (primary N) is 1. The second-order valence-electron chi connectivity index (χ2n) is 7.84. The molecule has 2 aromatic rings. The Bertz CT molecular complexity index is 1140. The number of nitrogens with zero attached hydrogens (tertiary/aromatic N) is 7. The average Bonchev–Trinajstić information content (AvgIpc) is 3.41. The van der Waals surface area contributed by atoms with Gasteiger partial charge in [0.05, 0.1) is 18.7 Å². The van der Waals surface area contributed by atoms with Crippen LogP contribution in [0.2, 0.25) is 0 Å². The van der Waals surface area contributed by atoms with Crippen molar-refractivity contribution < 1.29 is 19.5 Å². The van der Waals surface area contributed by atoms with Gasteiger partial charge >= 0.3 is 57.4 Å². The number of nitrogen functional groups attached to an aromatic ring is 1. The maximum absolute atomic E-state index is 12.8. The molecule has 1 saturated heterocycles. The van der Waals surface area contributed by atoms with Gasteiger partial charge in [-0.25, -0.2) is 14.5 Å². The molecule has 4 rings (SSSR count). The molecule has 2 aliphatic heterocycles. The fourth-order valence-electron chi connectivity index (χ4n) is 3.47. The number of nitrogens with one attached hydrogen (secondary N) is 1. The van der Waals surface area contributed by atoms with Gasteiger partial charge in [0.15, 0.2) is 5.13 Å². The number of thiazole rings is 1. The Balaban J connectivity index is 0.00000342. The molecule has 13 nitrogen and oxygen atoms in total. The number of carbonyl (C=O) groups is 3. The predicted octanol–water partition coefficient (Wildman–Crippen LogP) is -1.30. The van der Waals surface area contributed by atoms with Crippen LogP contribution in [0.3, 0.4) is 0 Å². The molecule has 0 unspecified atom stereocenters. The molecule has 0 aromatic carbocycles. The zero-order valence-corrected chi connectivity index (χ0v) is 20.8. The zero-order valence-electron chi connectivity index (χ0n) is 18.4. The van der Waals surface area contributed by atoms with Gasteiger partial charge in [-0.2, -0.15) is 0 Å². The van der Waals surface area contributed by atoms with Crippen molar-refractivity contribution in [1.29, 1.82) is 0 Å². The molecule has 2 aliphatic rings. The molecule has 4 N–H and O–H groups in total. The van der Waals surface area contributed by atoms with Crippen molar-refractivity contribution in [2.75, 3.05) is 37.9 Å². The molecule has 4 heterocycles. The standard InChI is InChI=1S/C18H23N9O4S3.K.H/c1-25(2)3-4-26-18(22-23-24-26)34-7-9-6-32-15-12(14(29)27(15)13(9)16(30)31)21-11(28)5-10-8-33-17(19)20-10;;/h8,12,15H,3-7H2,1-2H3,(H2,19,20)(H,21,28)(H,30,31);;/t12-,15-;;/m1../s1. The fraction of sp³-hybridized carbons (Fsp3) is 0.500. The van der Waals surface area contributed by atoms with E-state index < -0.39 is 23.3 Å². The summed E-state index contributed by atoms with van der Waals surface area (Å²) < 4.78 is 1.67. The number of anilines is 1. The maximum atomic E-state index is 12.8. The van der Waals surface area contributed by atoms with E-state index in [4.69, 9.17) is 5.73 Å². The molecule has 2 aromatic heterocycles. The van der Waals surface area contributed by atoms with Crippen LogP contribution in [0.15, 0.2) is 21.8 Å². The third-order valence-electron chi connectivity index (χ3n) is 5.11. The number of amides is 2. The first-order valence-corrected chi connectivity index (χ1v) is 13.1. The number of carbonyl (C=O) groups excluding carboxylic acids is 2. The van der Waals surface area contributed by atoms with Gasteiger partial charge in [-0.3, -0.25) is 14.5 Å². The first-order valence-electron chi connectivity index (χ1n) is 10.2. The minimum absolute atomic E-state index is 0. The number of carboxylic acid groups (broad SMARTS) is 1. The molecule has 0 saturated carbocycles. The zero-order chi connectivity index (χ0) is 24.4. The number of aromatic nitrogens is 5. The fourth-order valence-corrected chi connectivity index (χ4v) is 6.42. The van der Waals surface area contributed by atoms with Crippen molar-refractivity contribution in [1.82, 2.24) is 40.3 Å². The van der Waals surface area contributed by atoms with E-state index in [-0.39, 0.29) is 69.4 Å². The van der Waals surface area contributed by atoms with Crippen molar-refractivity contribution in [3.05, 3.63) is 22.3 Å². The normalized spacial score (nSPS) is 19.3. The molecule has 0 aliphatic carbocycles. The SMILES string of the molecule is CN(C)CCn1nnnc1SCC1=C(C(=O)O)N2C(=O)[C@@H](NC(=O)Cc3csc(N)n3)[C@H]2SC1.[KH]. The number of likely N-dealkylation sites (N-methyl/N-ethyl adjacent to an activating group) is 1. The Morgan fingerprint density at radius 1 is 1.40 bits per heavy atom. The molecule has 0 bridgehead atoms. The van der Waals surface area contributed by atoms with Gasteiger partial charge < -0.3 is 21.1 Å². The molecule has 2 atom stereocenters. The van der Waals surface area contributed by atoms with Crippen LogP contribution in [0.25, 0.3) is 0 Å². The van der Waals surface area contributed by atoms with E-state index in [0.717, 1.165) is 6.54 Å². The third-order valence-corrected chi connectivity index (χ3v) is 8.22. The van der Waals surface area contributed by atoms with E-state index in [9.17, 15) is 19.5 Å². The van der Waals surface area contributed by atoms with Crippen molar-refractivity contribution in [3.63, 3.8) is 0 Å². The second kappa shape index (κ2) is 12.5. The van der Waals surface area contributed by atoms with E-state index in [1.54, 1.807) is 10.1 Å². The van der Waals surface area contributed by atoms with Gasteiger partial charge in [-0.15, -0.1) is 28.2 Å². The quantitative estimate of drug-likeness (QED) is 0.177. The van der Waals surface area contributed by atoms with Gasteiger partial charge in [0.1, 0.15) is 17.1 Å². The van der Waals surface area contributed by atoms with E-state index in [0.29, 0.717) is 39.6 Å². The number of fused-ring (bicyclic) bond motifs is 1. The number of thioether (sulfide) groups is 2. The Labute approximate surface area is 256 Å². The van der Waals surface area contributed by atoms with E-state index in [1.165, 1.54) is 39.8 Å². The monoisotopic (exact) mass is 565 g/mol. The van der Waals surface area contributed by atoms with Gasteiger partial charge in [-0.1, -0.05) is 11.8 Å². The number of tetrazole rings is 1. The second-order valence-corrected chi connectivity index (χ2v) is 10.8. The van der Waals surface area contributed by atoms with E-state index in [2.05, 4.69) is 25.8 Å². The van der Waals surface area contributed by atoms with Gasteiger partial charge in [0.2, 0.25) is 11.1 Å². The Hall–Kier alpha value is -1.05. The van der Waals surface area contributed by atoms with E-state index in [1.807, 2.05) is 19.0 Å². The third kappa shape index (κ3) is 6.64. The molecule has 184 valence electrons. The molecule has 17 heteroatoms. The van der Waals surface area contributed by atoms with Crippen molar-refractivity contribution in [2.45, 2.75) is 29.5 Å². The summed E-state index contributed by atoms with van der Waals surface area (Å²) in [6, 6.07) is -0.782. The summed E-state index contributed by atoms with van der Waals surface area (Å²) in [4.78, 5) is 44.5. The van der Waals surface area contributed by atoms with Crippen molar-refractivity contribution in [3.8, 4) is 0 Å². The summed E-state index contributed by atoms with van der Waals surface area (Å²) in [6.45, 7) is 1.36. The van der Waals surface area contributed by atoms with Crippen LogP contribution in [0.1, 0.15) is 5.69 Å². The van der Waals surface area contributed by atoms with E-state index >= 15 is 0 Å². The van der Waals surface area contributed by atoms with Crippen LogP contribution in [0.5, 0.6) is 0 Å². The Kier molecular flexibility index (Phi) is 10.2. The molecule has 35 heavy (non-hydrogen) atoms. The average molecular weight is 566 g/mol. The van der Waals surface area contributed by atoms with Crippen LogP contribution < -0.4 is 11.1 Å². The summed E-state index contributed by atoms with van der Waals surface area (Å²) >= 11 is 3.98. The number of hydrogen-bond acceptors (Lipinski definition) is 12. The summed E-state index contributed by atoms with van der Waals surface area (Å²) in [6.07, 6.45) is 0.000917. The number of β-lactam (4-membered cyclic amide) rings is 1. The van der Waals surface area contributed by atoms with Crippen molar-refractivity contribution >= 4 is 109 Å². The summed E-state index contributed by atoms with van der Waals surface area (Å²) in [7, 11) is 3.90. The predicted molar refractivity (Wildman–Crippen MR) is 134 cm³/mol. The van der Waals surface area contributed by atoms with Gasteiger partial charge in [-0.05, 0) is 30.1 Å². The van der Waals surface area contributed by atoms with Crippen LogP contribution in [-0.2, 0) is 27.3 Å². The van der Waals surface area contributed by atoms with Crippen LogP contribution in [0.4, 0.5) is 5.13 Å². The van der Waals surface area contributed by atoms with Gasteiger partial charge in [0.25, 0.3) is 5.91 Å².